The minimum absolute atomic E-state index is 0.191. The third-order valence-electron chi connectivity index (χ3n) is 3.78. The van der Waals surface area contributed by atoms with Crippen molar-refractivity contribution in [1.29, 1.82) is 0 Å². The Kier molecular flexibility index (Phi) is 7.76. The van der Waals surface area contributed by atoms with Crippen LogP contribution in [0.3, 0.4) is 0 Å². The molecule has 0 spiro atoms. The number of pyridine rings is 1. The van der Waals surface area contributed by atoms with Crippen LogP contribution in [0.4, 0.5) is 10.2 Å². The van der Waals surface area contributed by atoms with Crippen molar-refractivity contribution >= 4 is 5.82 Å². The van der Waals surface area contributed by atoms with Crippen molar-refractivity contribution in [2.24, 2.45) is 0 Å². The van der Waals surface area contributed by atoms with Gasteiger partial charge in [-0.25, -0.2) is 9.37 Å². The molecule has 0 bridgehead atoms. The lowest BCUT2D eigenvalue weighted by atomic mass is 10.0. The normalized spacial score (nSPS) is 13.2. The maximum absolute atomic E-state index is 13.5. The molecule has 1 unspecified atom stereocenters. The Morgan fingerprint density at radius 3 is 2.64 bits per heavy atom. The average molecular weight is 311 g/mol. The van der Waals surface area contributed by atoms with Crippen LogP contribution < -0.4 is 10.6 Å². The van der Waals surface area contributed by atoms with Gasteiger partial charge in [-0.3, -0.25) is 0 Å². The Morgan fingerprint density at radius 2 is 2.05 bits per heavy atom. The largest absolute Gasteiger partial charge is 0.387 e. The Labute approximate surface area is 133 Å². The van der Waals surface area contributed by atoms with Gasteiger partial charge in [0.15, 0.2) is 0 Å². The van der Waals surface area contributed by atoms with Gasteiger partial charge >= 0.3 is 0 Å². The molecule has 126 valence electrons. The number of anilines is 1. The number of rotatable bonds is 10. The van der Waals surface area contributed by atoms with E-state index in [2.05, 4.69) is 34.7 Å². The van der Waals surface area contributed by atoms with Gasteiger partial charge in [0, 0.05) is 19.3 Å². The third-order valence-corrected chi connectivity index (χ3v) is 3.78. The summed E-state index contributed by atoms with van der Waals surface area (Å²) in [6.07, 6.45) is 2.62. The first-order valence-electron chi connectivity index (χ1n) is 8.12. The lowest BCUT2D eigenvalue weighted by Gasteiger charge is -2.22. The van der Waals surface area contributed by atoms with Crippen molar-refractivity contribution in [3.63, 3.8) is 0 Å². The molecule has 1 aromatic rings. The highest BCUT2D eigenvalue weighted by atomic mass is 19.1. The summed E-state index contributed by atoms with van der Waals surface area (Å²) in [6, 6.07) is 4.21. The van der Waals surface area contributed by atoms with Crippen LogP contribution in [0.25, 0.3) is 0 Å². The number of unbranched alkanes of at least 4 members (excludes halogenated alkanes) is 1. The fourth-order valence-electron chi connectivity index (χ4n) is 2.20. The number of aliphatic hydroxyl groups is 1. The first-order chi connectivity index (χ1) is 10.4. The van der Waals surface area contributed by atoms with Gasteiger partial charge in [0.05, 0.1) is 5.60 Å². The molecule has 0 saturated carbocycles. The minimum atomic E-state index is -1.28. The average Bonchev–Trinajstić information content (AvgIpc) is 2.49. The number of halogens is 1. The quantitative estimate of drug-likeness (QED) is 0.582. The van der Waals surface area contributed by atoms with Gasteiger partial charge in [0.2, 0.25) is 0 Å². The van der Waals surface area contributed by atoms with Crippen LogP contribution in [-0.4, -0.2) is 42.0 Å². The second-order valence-corrected chi connectivity index (χ2v) is 6.20. The fraction of sp³-hybridized carbons (Fsp3) is 0.706. The van der Waals surface area contributed by atoms with Gasteiger partial charge in [-0.15, -0.1) is 0 Å². The van der Waals surface area contributed by atoms with E-state index < -0.39 is 11.8 Å². The van der Waals surface area contributed by atoms with Crippen LogP contribution >= 0.6 is 0 Å². The summed E-state index contributed by atoms with van der Waals surface area (Å²) in [6.45, 7) is 6.04. The van der Waals surface area contributed by atoms with Crippen LogP contribution in [0.15, 0.2) is 12.1 Å². The van der Waals surface area contributed by atoms with Crippen molar-refractivity contribution in [2.45, 2.75) is 58.2 Å². The summed E-state index contributed by atoms with van der Waals surface area (Å²) in [5, 5.41) is 15.7. The Morgan fingerprint density at radius 1 is 1.32 bits per heavy atom. The van der Waals surface area contributed by atoms with E-state index >= 15 is 0 Å². The Hall–Kier alpha value is -1.20. The number of hydrogen-bond donors (Lipinski definition) is 3. The Bertz CT molecular complexity index is 446. The van der Waals surface area contributed by atoms with Crippen molar-refractivity contribution < 1.29 is 9.50 Å². The van der Waals surface area contributed by atoms with Gasteiger partial charge in [-0.1, -0.05) is 13.0 Å². The predicted molar refractivity (Wildman–Crippen MR) is 90.2 cm³/mol. The zero-order valence-corrected chi connectivity index (χ0v) is 14.2. The topological polar surface area (TPSA) is 57.2 Å². The fourth-order valence-corrected chi connectivity index (χ4v) is 2.20. The molecule has 0 radical (unpaired) electrons. The number of aryl methyl sites for hydroxylation is 2. The van der Waals surface area contributed by atoms with Crippen LogP contribution in [0.5, 0.6) is 0 Å². The maximum atomic E-state index is 13.5. The van der Waals surface area contributed by atoms with E-state index in [1.807, 2.05) is 7.05 Å². The number of hydrogen-bond acceptors (Lipinski definition) is 4. The molecule has 0 aliphatic heterocycles. The van der Waals surface area contributed by atoms with Gasteiger partial charge in [-0.05, 0) is 57.7 Å². The van der Waals surface area contributed by atoms with Crippen LogP contribution in [-0.2, 0) is 12.8 Å². The lowest BCUT2D eigenvalue weighted by molar-refractivity contribution is -0.00220. The molecule has 4 nitrogen and oxygen atoms in total. The summed E-state index contributed by atoms with van der Waals surface area (Å²) in [5.41, 5.74) is 1.04. The molecule has 0 aliphatic carbocycles. The lowest BCUT2D eigenvalue weighted by Crippen LogP contribution is -2.40. The minimum Gasteiger partial charge on any atom is -0.387 e. The second kappa shape index (κ2) is 9.06. The molecular weight excluding hydrogens is 281 g/mol. The van der Waals surface area contributed by atoms with E-state index in [1.54, 1.807) is 0 Å². The van der Waals surface area contributed by atoms with E-state index in [0.717, 1.165) is 43.7 Å². The van der Waals surface area contributed by atoms with Gasteiger partial charge in [0.1, 0.15) is 12.0 Å². The van der Waals surface area contributed by atoms with Crippen LogP contribution in [0.2, 0.25) is 0 Å². The smallest absolute Gasteiger partial charge is 0.140 e. The third kappa shape index (κ3) is 6.28. The summed E-state index contributed by atoms with van der Waals surface area (Å²) in [7, 11) is 1.89. The Balaban J connectivity index is 2.25. The molecule has 0 saturated heterocycles. The summed E-state index contributed by atoms with van der Waals surface area (Å²) in [5.74, 6) is 0.962. The highest BCUT2D eigenvalue weighted by Gasteiger charge is 2.25. The maximum Gasteiger partial charge on any atom is 0.140 e. The molecule has 1 atom stereocenters. The monoisotopic (exact) mass is 311 g/mol. The molecule has 1 aromatic heterocycles. The molecule has 0 fully saturated rings. The molecule has 3 N–H and O–H groups in total. The van der Waals surface area contributed by atoms with Gasteiger partial charge in [-0.2, -0.15) is 0 Å². The molecule has 22 heavy (non-hydrogen) atoms. The number of nitrogens with one attached hydrogen (secondary N) is 2. The molecule has 0 aromatic carbocycles. The van der Waals surface area contributed by atoms with Crippen molar-refractivity contribution in [1.82, 2.24) is 10.3 Å². The first-order valence-corrected chi connectivity index (χ1v) is 8.12. The molecular formula is C17H30FN3O. The number of aromatic nitrogens is 1. The van der Waals surface area contributed by atoms with E-state index in [-0.39, 0.29) is 6.54 Å². The molecule has 0 aliphatic rings. The van der Waals surface area contributed by atoms with E-state index in [9.17, 15) is 9.50 Å². The standard InChI is InChI=1S/C17H30FN3O/c1-5-13-9-10-14(21-16(13)19-4)8-6-7-11-20-12-15(18)17(2,3)22/h9-10,15,20,22H,5-8,11-12H2,1-4H3,(H,19,21). The van der Waals surface area contributed by atoms with E-state index in [0.29, 0.717) is 0 Å². The molecule has 1 heterocycles. The highest BCUT2D eigenvalue weighted by molar-refractivity contribution is 5.44. The molecule has 1 rings (SSSR count). The predicted octanol–water partition coefficient (Wildman–Crippen LogP) is 2.71. The summed E-state index contributed by atoms with van der Waals surface area (Å²) < 4.78 is 13.5. The highest BCUT2D eigenvalue weighted by Crippen LogP contribution is 2.15. The van der Waals surface area contributed by atoms with Crippen molar-refractivity contribution in [2.75, 3.05) is 25.5 Å². The molecule has 5 heteroatoms. The summed E-state index contributed by atoms with van der Waals surface area (Å²) in [4.78, 5) is 4.62. The van der Waals surface area contributed by atoms with Crippen molar-refractivity contribution in [3.8, 4) is 0 Å². The SMILES string of the molecule is CCc1ccc(CCCCNCC(F)C(C)(C)O)nc1NC. The number of alkyl halides is 1. The second-order valence-electron chi connectivity index (χ2n) is 6.20. The van der Waals surface area contributed by atoms with Gasteiger partial charge in [0.25, 0.3) is 0 Å². The first kappa shape index (κ1) is 18.8. The van der Waals surface area contributed by atoms with Crippen LogP contribution in [0.1, 0.15) is 44.9 Å². The van der Waals surface area contributed by atoms with Crippen LogP contribution in [0, 0.1) is 0 Å². The zero-order chi connectivity index (χ0) is 16.6. The summed E-state index contributed by atoms with van der Waals surface area (Å²) >= 11 is 0. The van der Waals surface area contributed by atoms with Gasteiger partial charge < -0.3 is 15.7 Å². The number of nitrogens with zero attached hydrogens (tertiary/aromatic N) is 1. The zero-order valence-electron chi connectivity index (χ0n) is 14.2. The molecule has 0 amide bonds. The van der Waals surface area contributed by atoms with E-state index in [1.165, 1.54) is 19.4 Å². The van der Waals surface area contributed by atoms with E-state index in [4.69, 9.17) is 0 Å². The van der Waals surface area contributed by atoms with Crippen molar-refractivity contribution in [3.05, 3.63) is 23.4 Å².